The molecule has 0 bridgehead atoms. The molecule has 190 valence electrons. The molecule has 1 fully saturated rings. The summed E-state index contributed by atoms with van der Waals surface area (Å²) in [7, 11) is 1.56. The SMILES string of the molecule is COc1cc(/C=C2\SC(=S)N(NC(=O)c3ccccc3)C2=O)cc(Br)c1OCc1cccc2ccccc12. The number of methoxy groups -OCH3 is 1. The van der Waals surface area contributed by atoms with Crippen molar-refractivity contribution in [3.05, 3.63) is 111 Å². The lowest BCUT2D eigenvalue weighted by molar-refractivity contribution is -0.123. The van der Waals surface area contributed by atoms with Crippen LogP contribution in [0.3, 0.4) is 0 Å². The van der Waals surface area contributed by atoms with Gasteiger partial charge in [-0.1, -0.05) is 72.4 Å². The van der Waals surface area contributed by atoms with Gasteiger partial charge in [0.05, 0.1) is 16.5 Å². The summed E-state index contributed by atoms with van der Waals surface area (Å²) in [4.78, 5) is 25.9. The molecule has 0 unspecified atom stereocenters. The Bertz CT molecular complexity index is 1590. The highest BCUT2D eigenvalue weighted by Crippen LogP contribution is 2.39. The van der Waals surface area contributed by atoms with E-state index in [2.05, 4.69) is 39.6 Å². The number of hydrogen-bond donors (Lipinski definition) is 1. The molecule has 2 amide bonds. The summed E-state index contributed by atoms with van der Waals surface area (Å²) >= 11 is 10.0. The maximum atomic E-state index is 13.0. The summed E-state index contributed by atoms with van der Waals surface area (Å²) in [6.45, 7) is 0.357. The zero-order valence-corrected chi connectivity index (χ0v) is 23.4. The monoisotopic (exact) mass is 604 g/mol. The first-order valence-corrected chi connectivity index (χ1v) is 13.6. The highest BCUT2D eigenvalue weighted by atomic mass is 79.9. The topological polar surface area (TPSA) is 67.9 Å². The predicted molar refractivity (Wildman–Crippen MR) is 158 cm³/mol. The number of hydrogen-bond acceptors (Lipinski definition) is 6. The van der Waals surface area contributed by atoms with Crippen LogP contribution in [0.4, 0.5) is 0 Å². The van der Waals surface area contributed by atoms with Crippen molar-refractivity contribution in [1.29, 1.82) is 0 Å². The van der Waals surface area contributed by atoms with E-state index in [0.717, 1.165) is 33.1 Å². The first-order valence-electron chi connectivity index (χ1n) is 11.6. The molecule has 4 aromatic carbocycles. The Kier molecular flexibility index (Phi) is 7.78. The average Bonchev–Trinajstić information content (AvgIpc) is 3.19. The zero-order valence-electron chi connectivity index (χ0n) is 20.1. The molecule has 0 aliphatic carbocycles. The van der Waals surface area contributed by atoms with Crippen LogP contribution >= 0.6 is 39.9 Å². The predicted octanol–water partition coefficient (Wildman–Crippen LogP) is 6.74. The van der Waals surface area contributed by atoms with Gasteiger partial charge >= 0.3 is 0 Å². The van der Waals surface area contributed by atoms with E-state index in [9.17, 15) is 9.59 Å². The maximum absolute atomic E-state index is 13.0. The zero-order chi connectivity index (χ0) is 26.6. The molecule has 0 atom stereocenters. The normalized spacial score (nSPS) is 14.3. The van der Waals surface area contributed by atoms with E-state index in [1.54, 1.807) is 43.5 Å². The van der Waals surface area contributed by atoms with Gasteiger partial charge in [0, 0.05) is 5.56 Å². The quantitative estimate of drug-likeness (QED) is 0.186. The number of halogens is 1. The molecule has 0 radical (unpaired) electrons. The number of amides is 2. The molecule has 1 N–H and O–H groups in total. The van der Waals surface area contributed by atoms with Crippen LogP contribution in [-0.4, -0.2) is 28.3 Å². The van der Waals surface area contributed by atoms with Crippen molar-refractivity contribution in [3.8, 4) is 11.5 Å². The van der Waals surface area contributed by atoms with Crippen molar-refractivity contribution in [2.45, 2.75) is 6.61 Å². The molecular weight excluding hydrogens is 584 g/mol. The standard InChI is InChI=1S/C29H21BrN2O4S2/c1-35-24-15-18(14-23(30)26(24)36-17-21-12-7-11-19-8-5-6-13-22(19)21)16-25-28(34)32(29(37)38-25)31-27(33)20-9-3-2-4-10-20/h2-16H,17H2,1H3,(H,31,33)/b25-16-. The molecule has 1 heterocycles. The van der Waals surface area contributed by atoms with Gasteiger partial charge in [0.2, 0.25) is 0 Å². The molecule has 0 spiro atoms. The van der Waals surface area contributed by atoms with Crippen molar-refractivity contribution in [3.63, 3.8) is 0 Å². The molecule has 5 rings (SSSR count). The van der Waals surface area contributed by atoms with Crippen LogP contribution in [0.15, 0.2) is 94.3 Å². The molecule has 6 nitrogen and oxygen atoms in total. The highest BCUT2D eigenvalue weighted by Gasteiger charge is 2.34. The van der Waals surface area contributed by atoms with Gasteiger partial charge in [-0.2, -0.15) is 5.01 Å². The average molecular weight is 606 g/mol. The van der Waals surface area contributed by atoms with E-state index in [0.29, 0.717) is 38.6 Å². The van der Waals surface area contributed by atoms with E-state index < -0.39 is 11.8 Å². The minimum atomic E-state index is -0.416. The van der Waals surface area contributed by atoms with Gasteiger partial charge in [0.1, 0.15) is 6.61 Å². The Morgan fingerprint density at radius 3 is 2.58 bits per heavy atom. The van der Waals surface area contributed by atoms with Crippen molar-refractivity contribution in [2.24, 2.45) is 0 Å². The Balaban J connectivity index is 1.34. The second kappa shape index (κ2) is 11.4. The van der Waals surface area contributed by atoms with Crippen molar-refractivity contribution in [1.82, 2.24) is 10.4 Å². The number of rotatable bonds is 7. The lowest BCUT2D eigenvalue weighted by Crippen LogP contribution is -2.44. The second-order valence-electron chi connectivity index (χ2n) is 8.29. The smallest absolute Gasteiger partial charge is 0.285 e. The molecule has 38 heavy (non-hydrogen) atoms. The van der Waals surface area contributed by atoms with Crippen LogP contribution in [0, 0.1) is 0 Å². The summed E-state index contributed by atoms with van der Waals surface area (Å²) in [5.74, 6) is 0.245. The van der Waals surface area contributed by atoms with Crippen LogP contribution < -0.4 is 14.9 Å². The molecule has 1 aliphatic rings. The van der Waals surface area contributed by atoms with Crippen molar-refractivity contribution in [2.75, 3.05) is 7.11 Å². The van der Waals surface area contributed by atoms with Gasteiger partial charge < -0.3 is 9.47 Å². The van der Waals surface area contributed by atoms with Gasteiger partial charge in [-0.05, 0) is 80.4 Å². The Morgan fingerprint density at radius 1 is 1.05 bits per heavy atom. The van der Waals surface area contributed by atoms with Gasteiger partial charge in [-0.25, -0.2) is 0 Å². The number of thioether (sulfide) groups is 1. The summed E-state index contributed by atoms with van der Waals surface area (Å²) < 4.78 is 12.7. The minimum absolute atomic E-state index is 0.242. The number of benzene rings is 4. The number of nitrogens with zero attached hydrogens (tertiary/aromatic N) is 1. The number of nitrogens with one attached hydrogen (secondary N) is 1. The van der Waals surface area contributed by atoms with Crippen molar-refractivity contribution >= 4 is 72.9 Å². The number of carbonyl (C=O) groups is 2. The molecule has 1 saturated heterocycles. The third-order valence-electron chi connectivity index (χ3n) is 5.84. The Morgan fingerprint density at radius 2 is 1.79 bits per heavy atom. The van der Waals surface area contributed by atoms with Gasteiger partial charge in [-0.3, -0.25) is 15.0 Å². The number of fused-ring (bicyclic) bond motifs is 1. The second-order valence-corrected chi connectivity index (χ2v) is 10.8. The molecule has 0 aromatic heterocycles. The Hall–Kier alpha value is -3.66. The van der Waals surface area contributed by atoms with Crippen LogP contribution in [-0.2, 0) is 11.4 Å². The van der Waals surface area contributed by atoms with Crippen LogP contribution in [0.1, 0.15) is 21.5 Å². The summed E-state index contributed by atoms with van der Waals surface area (Å²) in [5, 5.41) is 3.37. The lowest BCUT2D eigenvalue weighted by atomic mass is 10.1. The minimum Gasteiger partial charge on any atom is -0.493 e. The first-order chi connectivity index (χ1) is 18.4. The fourth-order valence-electron chi connectivity index (χ4n) is 4.00. The molecule has 0 saturated carbocycles. The molecular formula is C29H21BrN2O4S2. The summed E-state index contributed by atoms with van der Waals surface area (Å²) in [6.07, 6.45) is 1.70. The largest absolute Gasteiger partial charge is 0.493 e. The van der Waals surface area contributed by atoms with Gasteiger partial charge in [0.25, 0.3) is 11.8 Å². The highest BCUT2D eigenvalue weighted by molar-refractivity contribution is 9.10. The fraction of sp³-hybridized carbons (Fsp3) is 0.0690. The van der Waals surface area contributed by atoms with Gasteiger partial charge in [0.15, 0.2) is 15.8 Å². The fourth-order valence-corrected chi connectivity index (χ4v) is 5.76. The number of ether oxygens (including phenoxy) is 2. The lowest BCUT2D eigenvalue weighted by Gasteiger charge is -2.15. The van der Waals surface area contributed by atoms with Crippen LogP contribution in [0.5, 0.6) is 11.5 Å². The van der Waals surface area contributed by atoms with Gasteiger partial charge in [-0.15, -0.1) is 0 Å². The van der Waals surface area contributed by atoms with Crippen LogP contribution in [0.2, 0.25) is 0 Å². The molecule has 9 heteroatoms. The first kappa shape index (κ1) is 26.0. The van der Waals surface area contributed by atoms with E-state index in [1.807, 2.05) is 36.4 Å². The molecule has 4 aromatic rings. The van der Waals surface area contributed by atoms with E-state index in [4.69, 9.17) is 21.7 Å². The number of thiocarbonyl (C=S) groups is 1. The maximum Gasteiger partial charge on any atom is 0.285 e. The number of carbonyl (C=O) groups excluding carboxylic acids is 2. The molecule has 1 aliphatic heterocycles. The number of hydrazine groups is 1. The van der Waals surface area contributed by atoms with Crippen LogP contribution in [0.25, 0.3) is 16.8 Å². The summed E-state index contributed by atoms with van der Waals surface area (Å²) in [6, 6.07) is 26.5. The Labute approximate surface area is 237 Å². The third-order valence-corrected chi connectivity index (χ3v) is 7.74. The van der Waals surface area contributed by atoms with Crippen molar-refractivity contribution < 1.29 is 19.1 Å². The van der Waals surface area contributed by atoms with E-state index in [-0.39, 0.29) is 4.32 Å². The summed E-state index contributed by atoms with van der Waals surface area (Å²) in [5.41, 5.74) is 4.78. The third kappa shape index (κ3) is 5.45. The van der Waals surface area contributed by atoms with E-state index >= 15 is 0 Å². The van der Waals surface area contributed by atoms with E-state index in [1.165, 1.54) is 0 Å².